The minimum absolute atomic E-state index is 0.205. The molecule has 0 heterocycles. The van der Waals surface area contributed by atoms with E-state index in [4.69, 9.17) is 0 Å². The van der Waals surface area contributed by atoms with Gasteiger partial charge in [0, 0.05) is 12.3 Å². The third kappa shape index (κ3) is 6.41. The lowest BCUT2D eigenvalue weighted by molar-refractivity contribution is 0.276. The highest BCUT2D eigenvalue weighted by molar-refractivity contribution is 7.90. The molecule has 3 nitrogen and oxygen atoms in total. The molecule has 1 rings (SSSR count). The van der Waals surface area contributed by atoms with Crippen LogP contribution in [0.4, 0.5) is 0 Å². The van der Waals surface area contributed by atoms with Crippen LogP contribution in [0, 0.1) is 11.8 Å². The molecule has 0 aromatic carbocycles. The van der Waals surface area contributed by atoms with Crippen LogP contribution in [0.2, 0.25) is 0 Å². The second-order valence-corrected chi connectivity index (χ2v) is 7.98. The largest absolute Gasteiger partial charge is 0.314 e. The Labute approximate surface area is 106 Å². The fourth-order valence-electron chi connectivity index (χ4n) is 2.76. The SMILES string of the molecule is C[C@H](CN[C@@H](C)C1CCCCC1)CS(C)(=O)=O. The third-order valence-corrected chi connectivity index (χ3v) is 4.91. The number of hydrogen-bond donors (Lipinski definition) is 1. The van der Waals surface area contributed by atoms with Crippen molar-refractivity contribution in [3.8, 4) is 0 Å². The molecule has 1 saturated carbocycles. The molecule has 0 radical (unpaired) electrons. The molecule has 1 aliphatic rings. The van der Waals surface area contributed by atoms with E-state index >= 15 is 0 Å². The molecule has 0 aromatic heterocycles. The molecular weight excluding hydrogens is 234 g/mol. The summed E-state index contributed by atoms with van der Waals surface area (Å²) >= 11 is 0. The second-order valence-electron chi connectivity index (χ2n) is 5.79. The van der Waals surface area contributed by atoms with Gasteiger partial charge in [0.05, 0.1) is 5.75 Å². The van der Waals surface area contributed by atoms with Crippen molar-refractivity contribution in [1.82, 2.24) is 5.32 Å². The molecule has 0 amide bonds. The van der Waals surface area contributed by atoms with Gasteiger partial charge < -0.3 is 5.32 Å². The van der Waals surface area contributed by atoms with Crippen molar-refractivity contribution in [2.45, 2.75) is 52.0 Å². The summed E-state index contributed by atoms with van der Waals surface area (Å²) < 4.78 is 22.3. The molecule has 4 heteroatoms. The Hall–Kier alpha value is -0.0900. The first kappa shape index (κ1) is 15.0. The van der Waals surface area contributed by atoms with Crippen LogP contribution in [-0.2, 0) is 9.84 Å². The monoisotopic (exact) mass is 261 g/mol. The van der Waals surface area contributed by atoms with Crippen molar-refractivity contribution < 1.29 is 8.42 Å². The van der Waals surface area contributed by atoms with E-state index in [-0.39, 0.29) is 11.7 Å². The Kier molecular flexibility index (Phi) is 5.93. The highest BCUT2D eigenvalue weighted by atomic mass is 32.2. The van der Waals surface area contributed by atoms with Gasteiger partial charge in [-0.1, -0.05) is 26.2 Å². The average molecular weight is 261 g/mol. The first-order chi connectivity index (χ1) is 7.88. The molecule has 17 heavy (non-hydrogen) atoms. The van der Waals surface area contributed by atoms with Crippen molar-refractivity contribution >= 4 is 9.84 Å². The maximum absolute atomic E-state index is 11.2. The molecule has 0 aromatic rings. The third-order valence-electron chi connectivity index (χ3n) is 3.73. The normalized spacial score (nSPS) is 22.3. The maximum Gasteiger partial charge on any atom is 0.147 e. The van der Waals surface area contributed by atoms with Crippen LogP contribution in [0.1, 0.15) is 46.0 Å². The number of nitrogens with one attached hydrogen (secondary N) is 1. The van der Waals surface area contributed by atoms with Gasteiger partial charge in [-0.3, -0.25) is 0 Å². The Bertz CT molecular complexity index is 307. The van der Waals surface area contributed by atoms with Gasteiger partial charge in [0.2, 0.25) is 0 Å². The smallest absolute Gasteiger partial charge is 0.147 e. The lowest BCUT2D eigenvalue weighted by Gasteiger charge is -2.29. The Balaban J connectivity index is 2.24. The summed E-state index contributed by atoms with van der Waals surface area (Å²) in [5, 5.41) is 3.51. The van der Waals surface area contributed by atoms with Crippen molar-refractivity contribution in [2.24, 2.45) is 11.8 Å². The van der Waals surface area contributed by atoms with Gasteiger partial charge in [-0.05, 0) is 38.1 Å². The molecular formula is C13H27NO2S. The van der Waals surface area contributed by atoms with Crippen molar-refractivity contribution in [3.05, 3.63) is 0 Å². The maximum atomic E-state index is 11.2. The minimum Gasteiger partial charge on any atom is -0.314 e. The van der Waals surface area contributed by atoms with E-state index in [1.165, 1.54) is 38.4 Å². The fourth-order valence-corrected chi connectivity index (χ4v) is 3.92. The van der Waals surface area contributed by atoms with Gasteiger partial charge in [0.1, 0.15) is 9.84 Å². The Morgan fingerprint density at radius 1 is 1.18 bits per heavy atom. The van der Waals surface area contributed by atoms with Crippen LogP contribution in [0.25, 0.3) is 0 Å². The summed E-state index contributed by atoms with van der Waals surface area (Å²) in [4.78, 5) is 0. The van der Waals surface area contributed by atoms with E-state index in [0.29, 0.717) is 6.04 Å². The van der Waals surface area contributed by atoms with Crippen LogP contribution < -0.4 is 5.32 Å². The van der Waals surface area contributed by atoms with E-state index in [1.54, 1.807) is 0 Å². The molecule has 0 unspecified atom stereocenters. The predicted molar refractivity (Wildman–Crippen MR) is 72.9 cm³/mol. The molecule has 0 spiro atoms. The molecule has 1 aliphatic carbocycles. The van der Waals surface area contributed by atoms with Gasteiger partial charge in [-0.15, -0.1) is 0 Å². The molecule has 1 N–H and O–H groups in total. The molecule has 0 aliphatic heterocycles. The van der Waals surface area contributed by atoms with Gasteiger partial charge >= 0.3 is 0 Å². The summed E-state index contributed by atoms with van der Waals surface area (Å²) in [5.74, 6) is 1.28. The van der Waals surface area contributed by atoms with Crippen LogP contribution in [-0.4, -0.2) is 33.0 Å². The summed E-state index contributed by atoms with van der Waals surface area (Å²) in [6.45, 7) is 5.05. The Morgan fingerprint density at radius 3 is 2.29 bits per heavy atom. The van der Waals surface area contributed by atoms with Crippen molar-refractivity contribution in [3.63, 3.8) is 0 Å². The molecule has 0 bridgehead atoms. The van der Waals surface area contributed by atoms with Crippen molar-refractivity contribution in [2.75, 3.05) is 18.6 Å². The summed E-state index contributed by atoms with van der Waals surface area (Å²) in [6, 6.07) is 0.525. The molecule has 2 atom stereocenters. The first-order valence-corrected chi connectivity index (χ1v) is 8.85. The van der Waals surface area contributed by atoms with E-state index in [1.807, 2.05) is 6.92 Å². The summed E-state index contributed by atoms with van der Waals surface area (Å²) in [6.07, 6.45) is 8.07. The van der Waals surface area contributed by atoms with Crippen LogP contribution in [0.3, 0.4) is 0 Å². The lowest BCUT2D eigenvalue weighted by atomic mass is 9.84. The average Bonchev–Trinajstić information content (AvgIpc) is 2.25. The highest BCUT2D eigenvalue weighted by Crippen LogP contribution is 2.26. The van der Waals surface area contributed by atoms with Gasteiger partial charge in [-0.2, -0.15) is 0 Å². The van der Waals surface area contributed by atoms with Gasteiger partial charge in [-0.25, -0.2) is 8.42 Å². The highest BCUT2D eigenvalue weighted by Gasteiger charge is 2.20. The standard InChI is InChI=1S/C13H27NO2S/c1-11(10-17(3,15)16)9-14-12(2)13-7-5-4-6-8-13/h11-14H,4-10H2,1-3H3/t11-,12+/m1/s1. The lowest BCUT2D eigenvalue weighted by Crippen LogP contribution is -2.38. The zero-order valence-corrected chi connectivity index (χ0v) is 12.2. The quantitative estimate of drug-likeness (QED) is 0.797. The van der Waals surface area contributed by atoms with E-state index in [9.17, 15) is 8.42 Å². The molecule has 0 saturated heterocycles. The second kappa shape index (κ2) is 6.74. The van der Waals surface area contributed by atoms with Gasteiger partial charge in [0.15, 0.2) is 0 Å². The summed E-state index contributed by atoms with van der Waals surface area (Å²) in [7, 11) is -2.84. The first-order valence-electron chi connectivity index (χ1n) is 6.79. The Morgan fingerprint density at radius 2 is 1.76 bits per heavy atom. The number of rotatable bonds is 6. The van der Waals surface area contributed by atoms with E-state index in [0.717, 1.165) is 12.5 Å². The summed E-state index contributed by atoms with van der Waals surface area (Å²) in [5.41, 5.74) is 0. The van der Waals surface area contributed by atoms with E-state index in [2.05, 4.69) is 12.2 Å². The molecule has 1 fully saturated rings. The zero-order chi connectivity index (χ0) is 12.9. The predicted octanol–water partition coefficient (Wildman–Crippen LogP) is 2.23. The van der Waals surface area contributed by atoms with E-state index < -0.39 is 9.84 Å². The molecule has 102 valence electrons. The zero-order valence-electron chi connectivity index (χ0n) is 11.4. The van der Waals surface area contributed by atoms with Crippen LogP contribution in [0.5, 0.6) is 0 Å². The number of sulfone groups is 1. The van der Waals surface area contributed by atoms with Crippen molar-refractivity contribution in [1.29, 1.82) is 0 Å². The topological polar surface area (TPSA) is 46.2 Å². The van der Waals surface area contributed by atoms with Crippen LogP contribution >= 0.6 is 0 Å². The van der Waals surface area contributed by atoms with Crippen LogP contribution in [0.15, 0.2) is 0 Å². The van der Waals surface area contributed by atoms with Gasteiger partial charge in [0.25, 0.3) is 0 Å². The fraction of sp³-hybridized carbons (Fsp3) is 1.00. The number of hydrogen-bond acceptors (Lipinski definition) is 3. The minimum atomic E-state index is -2.84.